The van der Waals surface area contributed by atoms with Crippen LogP contribution in [-0.2, 0) is 11.3 Å². The van der Waals surface area contributed by atoms with Crippen LogP contribution in [0, 0.1) is 0 Å². The van der Waals surface area contributed by atoms with Crippen LogP contribution in [0.5, 0.6) is 0 Å². The number of nitrogens with zero attached hydrogens (tertiary/aromatic N) is 2. The molecular formula is C5H11N4O3S-. The third kappa shape index (κ3) is 2.62. The Balaban J connectivity index is 2.62. The number of hydrogen-bond donors (Lipinski definition) is 2. The molecule has 1 atom stereocenters. The minimum atomic E-state index is -2.62. The molecule has 0 bridgehead atoms. The number of nitrogens with two attached hydrogens (primary N) is 1. The Morgan fingerprint density at radius 3 is 2.46 bits per heavy atom. The molecule has 3 N–H and O–H groups in total. The number of urea groups is 1. The van der Waals surface area contributed by atoms with Crippen molar-refractivity contribution in [1.29, 1.82) is 0 Å². The zero-order chi connectivity index (χ0) is 9.84. The molecule has 76 valence electrons. The van der Waals surface area contributed by atoms with E-state index in [0.717, 1.165) is 0 Å². The first kappa shape index (κ1) is 10.4. The Bertz CT molecular complexity index is 204. The third-order valence-electron chi connectivity index (χ3n) is 1.68. The lowest BCUT2D eigenvalue weighted by molar-refractivity contribution is 0.0741. The van der Waals surface area contributed by atoms with Crippen LogP contribution in [0.2, 0.25) is 0 Å². The van der Waals surface area contributed by atoms with Gasteiger partial charge in [-0.25, -0.2) is 9.80 Å². The molecule has 0 radical (unpaired) electrons. The predicted octanol–water partition coefficient (Wildman–Crippen LogP) is -2.02. The van der Waals surface area contributed by atoms with E-state index in [-0.39, 0.29) is 0 Å². The Morgan fingerprint density at radius 1 is 1.54 bits per heavy atom. The summed E-state index contributed by atoms with van der Waals surface area (Å²) in [6, 6.07) is -0.977. The number of piperazine rings is 1. The molecule has 7 nitrogen and oxygen atoms in total. The molecule has 8 heteroatoms. The normalized spacial score (nSPS) is 21.0. The molecule has 2 amide bonds. The van der Waals surface area contributed by atoms with Gasteiger partial charge in [-0.05, 0) is 0 Å². The number of carbonyl (C=O) groups is 1. The van der Waals surface area contributed by atoms with E-state index in [9.17, 15) is 13.6 Å². The zero-order valence-corrected chi connectivity index (χ0v) is 7.75. The minimum absolute atomic E-state index is 0.455. The molecule has 1 aliphatic rings. The summed E-state index contributed by atoms with van der Waals surface area (Å²) in [6.45, 7) is 2.19. The van der Waals surface area contributed by atoms with Crippen molar-refractivity contribution in [3.8, 4) is 0 Å². The summed E-state index contributed by atoms with van der Waals surface area (Å²) < 4.78 is 21.7. The third-order valence-corrected chi connectivity index (χ3v) is 2.37. The Morgan fingerprint density at radius 2 is 2.08 bits per heavy atom. The van der Waals surface area contributed by atoms with Crippen molar-refractivity contribution in [2.45, 2.75) is 0 Å². The molecule has 1 fully saturated rings. The van der Waals surface area contributed by atoms with Crippen LogP contribution < -0.4 is 11.1 Å². The monoisotopic (exact) mass is 207 g/mol. The lowest BCUT2D eigenvalue weighted by Crippen LogP contribution is -2.56. The van der Waals surface area contributed by atoms with Crippen LogP contribution in [0.1, 0.15) is 0 Å². The number of hydrogen-bond acceptors (Lipinski definition) is 5. The molecule has 0 spiro atoms. The van der Waals surface area contributed by atoms with Gasteiger partial charge < -0.3 is 15.6 Å². The summed E-state index contributed by atoms with van der Waals surface area (Å²) in [5.74, 6) is 0. The van der Waals surface area contributed by atoms with Gasteiger partial charge in [-0.2, -0.15) is 4.41 Å². The molecule has 13 heavy (non-hydrogen) atoms. The van der Waals surface area contributed by atoms with Gasteiger partial charge in [0.15, 0.2) is 0 Å². The molecule has 1 saturated heterocycles. The van der Waals surface area contributed by atoms with E-state index < -0.39 is 17.3 Å². The summed E-state index contributed by atoms with van der Waals surface area (Å²) in [5, 5.41) is 4.42. The van der Waals surface area contributed by atoms with Gasteiger partial charge in [0, 0.05) is 26.2 Å². The number of amides is 2. The van der Waals surface area contributed by atoms with Crippen molar-refractivity contribution in [2.75, 3.05) is 26.2 Å². The maximum atomic E-state index is 10.7. The highest BCUT2D eigenvalue weighted by atomic mass is 32.2. The van der Waals surface area contributed by atoms with Crippen molar-refractivity contribution in [3.63, 3.8) is 0 Å². The average molecular weight is 207 g/mol. The Kier molecular flexibility index (Phi) is 3.60. The highest BCUT2D eigenvalue weighted by molar-refractivity contribution is 7.77. The lowest BCUT2D eigenvalue weighted by Gasteiger charge is -2.36. The maximum Gasteiger partial charge on any atom is 0.340 e. The van der Waals surface area contributed by atoms with Gasteiger partial charge in [-0.3, -0.25) is 4.21 Å². The maximum absolute atomic E-state index is 10.7. The second kappa shape index (κ2) is 4.51. The summed E-state index contributed by atoms with van der Waals surface area (Å²) in [4.78, 5) is 10.7. The van der Waals surface area contributed by atoms with Crippen LogP contribution in [-0.4, -0.2) is 50.4 Å². The molecule has 0 aromatic carbocycles. The first-order valence-electron chi connectivity index (χ1n) is 3.77. The van der Waals surface area contributed by atoms with Crippen LogP contribution >= 0.6 is 0 Å². The highest BCUT2D eigenvalue weighted by Crippen LogP contribution is 2.01. The standard InChI is InChI=1S/C5H12N4O3S/c6-5(10)9(13(11)12)8-3-1-7-2-4-8/h7H,1-4H2,(H2,6,10)(H,11,12)/p-1. The van der Waals surface area contributed by atoms with Crippen molar-refractivity contribution >= 4 is 17.3 Å². The number of hydrazine groups is 1. The topological polar surface area (TPSA) is 102 Å². The van der Waals surface area contributed by atoms with Crippen LogP contribution in [0.3, 0.4) is 0 Å². The molecule has 0 saturated carbocycles. The highest BCUT2D eigenvalue weighted by Gasteiger charge is 2.21. The van der Waals surface area contributed by atoms with Crippen molar-refractivity contribution < 1.29 is 13.6 Å². The molecule has 1 unspecified atom stereocenters. The fourth-order valence-corrected chi connectivity index (χ4v) is 1.64. The van der Waals surface area contributed by atoms with E-state index in [0.29, 0.717) is 30.6 Å². The fourth-order valence-electron chi connectivity index (χ4n) is 1.14. The van der Waals surface area contributed by atoms with Gasteiger partial charge in [0.2, 0.25) is 0 Å². The Labute approximate surface area is 78.2 Å². The SMILES string of the molecule is NC(=O)N(N1CCNCC1)S(=O)[O-]. The molecule has 0 aliphatic carbocycles. The minimum Gasteiger partial charge on any atom is -0.754 e. The van der Waals surface area contributed by atoms with E-state index in [1.165, 1.54) is 5.01 Å². The lowest BCUT2D eigenvalue weighted by atomic mass is 10.4. The molecule has 0 aromatic heterocycles. The van der Waals surface area contributed by atoms with Gasteiger partial charge in [-0.1, -0.05) is 0 Å². The van der Waals surface area contributed by atoms with Gasteiger partial charge in [-0.15, -0.1) is 0 Å². The van der Waals surface area contributed by atoms with E-state index in [1.807, 2.05) is 0 Å². The van der Waals surface area contributed by atoms with Crippen LogP contribution in [0.25, 0.3) is 0 Å². The zero-order valence-electron chi connectivity index (χ0n) is 6.93. The number of nitrogens with one attached hydrogen (secondary N) is 1. The molecule has 0 aromatic rings. The van der Waals surface area contributed by atoms with Crippen LogP contribution in [0.4, 0.5) is 4.79 Å². The van der Waals surface area contributed by atoms with Gasteiger partial charge in [0.1, 0.15) is 0 Å². The quantitative estimate of drug-likeness (QED) is 0.509. The first-order valence-corrected chi connectivity index (χ1v) is 4.80. The fraction of sp³-hybridized carbons (Fsp3) is 0.800. The van der Waals surface area contributed by atoms with Crippen LogP contribution in [0.15, 0.2) is 0 Å². The number of primary amides is 1. The molecule has 1 aliphatic heterocycles. The largest absolute Gasteiger partial charge is 0.754 e. The summed E-state index contributed by atoms with van der Waals surface area (Å²) >= 11 is -2.62. The first-order chi connectivity index (χ1) is 6.13. The second-order valence-corrected chi connectivity index (χ2v) is 3.31. The second-order valence-electron chi connectivity index (χ2n) is 2.53. The number of carbonyl (C=O) groups excluding carboxylic acids is 1. The van der Waals surface area contributed by atoms with Gasteiger partial charge in [0.05, 0.1) is 11.3 Å². The van der Waals surface area contributed by atoms with Crippen molar-refractivity contribution in [3.05, 3.63) is 0 Å². The summed E-state index contributed by atoms with van der Waals surface area (Å²) in [5.41, 5.74) is 4.90. The summed E-state index contributed by atoms with van der Waals surface area (Å²) in [6.07, 6.45) is 0. The smallest absolute Gasteiger partial charge is 0.340 e. The average Bonchev–Trinajstić information content (AvgIpc) is 2.04. The summed E-state index contributed by atoms with van der Waals surface area (Å²) in [7, 11) is 0. The Hall–Kier alpha value is -0.700. The predicted molar refractivity (Wildman–Crippen MR) is 44.8 cm³/mol. The van der Waals surface area contributed by atoms with E-state index in [4.69, 9.17) is 5.73 Å². The van der Waals surface area contributed by atoms with E-state index >= 15 is 0 Å². The number of rotatable bonds is 2. The van der Waals surface area contributed by atoms with Crippen molar-refractivity contribution in [1.82, 2.24) is 14.7 Å². The van der Waals surface area contributed by atoms with Gasteiger partial charge >= 0.3 is 6.03 Å². The van der Waals surface area contributed by atoms with E-state index in [2.05, 4.69) is 5.32 Å². The van der Waals surface area contributed by atoms with E-state index in [1.54, 1.807) is 0 Å². The molecule has 1 rings (SSSR count). The van der Waals surface area contributed by atoms with Crippen molar-refractivity contribution in [2.24, 2.45) is 5.73 Å². The molecular weight excluding hydrogens is 196 g/mol. The molecule has 1 heterocycles. The van der Waals surface area contributed by atoms with Gasteiger partial charge in [0.25, 0.3) is 0 Å².